The molecule has 3 rings (SSSR count). The molecule has 0 aliphatic carbocycles. The molecule has 0 fully saturated rings. The van der Waals surface area contributed by atoms with Crippen LogP contribution in [0.25, 0.3) is 0 Å². The Kier molecular flexibility index (Phi) is 3.15. The van der Waals surface area contributed by atoms with Crippen LogP contribution >= 0.6 is 0 Å². The number of ether oxygens (including phenoxy) is 1. The van der Waals surface area contributed by atoms with Gasteiger partial charge in [0.15, 0.2) is 5.75 Å². The van der Waals surface area contributed by atoms with Crippen molar-refractivity contribution in [3.8, 4) is 5.75 Å². The van der Waals surface area contributed by atoms with Gasteiger partial charge in [0.25, 0.3) is 0 Å². The molecule has 1 aromatic heterocycles. The van der Waals surface area contributed by atoms with Crippen LogP contribution in [-0.4, -0.2) is 22.9 Å². The van der Waals surface area contributed by atoms with Gasteiger partial charge in [0.1, 0.15) is 0 Å². The van der Waals surface area contributed by atoms with Crippen LogP contribution in [-0.2, 0) is 19.9 Å². The van der Waals surface area contributed by atoms with E-state index in [0.717, 1.165) is 30.7 Å². The largest absolute Gasteiger partial charge is 0.493 e. The minimum absolute atomic E-state index is 0.444. The highest BCUT2D eigenvalue weighted by molar-refractivity contribution is 5.54. The van der Waals surface area contributed by atoms with E-state index in [1.165, 1.54) is 11.3 Å². The maximum Gasteiger partial charge on any atom is 0.159 e. The number of para-hydroxylation sites is 1. The van der Waals surface area contributed by atoms with Crippen LogP contribution in [0.15, 0.2) is 30.5 Å². The number of rotatable bonds is 3. The normalized spacial score (nSPS) is 17.7. The van der Waals surface area contributed by atoms with Gasteiger partial charge in [-0.05, 0) is 24.5 Å². The van der Waals surface area contributed by atoms with Crippen LogP contribution in [0.3, 0.4) is 0 Å². The van der Waals surface area contributed by atoms with E-state index in [-0.39, 0.29) is 0 Å². The van der Waals surface area contributed by atoms with E-state index in [1.54, 1.807) is 13.3 Å². The molecule has 1 N–H and O–H groups in total. The summed E-state index contributed by atoms with van der Waals surface area (Å²) in [5.41, 5.74) is 3.83. The predicted molar refractivity (Wildman–Crippen MR) is 75.6 cm³/mol. The highest BCUT2D eigenvalue weighted by atomic mass is 16.5. The lowest BCUT2D eigenvalue weighted by Crippen LogP contribution is -2.28. The molecule has 0 spiro atoms. The summed E-state index contributed by atoms with van der Waals surface area (Å²) < 4.78 is 7.27. The smallest absolute Gasteiger partial charge is 0.159 e. The van der Waals surface area contributed by atoms with Crippen molar-refractivity contribution < 1.29 is 4.74 Å². The third-order valence-corrected chi connectivity index (χ3v) is 3.82. The molecular weight excluding hydrogens is 238 g/mol. The molecular formula is C15H19N3O. The third kappa shape index (κ3) is 2.30. The van der Waals surface area contributed by atoms with Gasteiger partial charge in [-0.2, -0.15) is 5.10 Å². The molecule has 1 unspecified atom stereocenters. The average Bonchev–Trinajstić information content (AvgIpc) is 2.79. The Balaban J connectivity index is 1.77. The van der Waals surface area contributed by atoms with Gasteiger partial charge in [-0.3, -0.25) is 4.68 Å². The lowest BCUT2D eigenvalue weighted by atomic mass is 9.95. The van der Waals surface area contributed by atoms with E-state index in [1.807, 2.05) is 11.7 Å². The van der Waals surface area contributed by atoms with Crippen molar-refractivity contribution in [2.75, 3.05) is 12.4 Å². The zero-order valence-corrected chi connectivity index (χ0v) is 11.4. The molecule has 1 atom stereocenters. The van der Waals surface area contributed by atoms with Crippen molar-refractivity contribution in [1.29, 1.82) is 0 Å². The monoisotopic (exact) mass is 257 g/mol. The van der Waals surface area contributed by atoms with E-state index in [4.69, 9.17) is 4.74 Å². The van der Waals surface area contributed by atoms with E-state index in [0.29, 0.717) is 6.04 Å². The number of aryl methyl sites for hydroxylation is 2. The number of methoxy groups -OCH3 is 1. The number of fused-ring (bicyclic) bond motifs is 1. The summed E-state index contributed by atoms with van der Waals surface area (Å²) in [4.78, 5) is 0. The Morgan fingerprint density at radius 1 is 1.42 bits per heavy atom. The van der Waals surface area contributed by atoms with Crippen LogP contribution in [0, 0.1) is 0 Å². The lowest BCUT2D eigenvalue weighted by molar-refractivity contribution is 0.405. The second-order valence-corrected chi connectivity index (χ2v) is 5.02. The highest BCUT2D eigenvalue weighted by Crippen LogP contribution is 2.27. The SMILES string of the molecule is COc1cnn(C)c1CC1CCc2ccccc2N1. The molecule has 0 radical (unpaired) electrons. The standard InChI is InChI=1S/C15H19N3O/c1-18-14(15(19-2)10-16-18)9-12-8-7-11-5-3-4-6-13(11)17-12/h3-6,10,12,17H,7-9H2,1-2H3. The minimum atomic E-state index is 0.444. The molecule has 4 nitrogen and oxygen atoms in total. The fourth-order valence-electron chi connectivity index (χ4n) is 2.73. The van der Waals surface area contributed by atoms with E-state index in [2.05, 4.69) is 34.7 Å². The first-order valence-electron chi connectivity index (χ1n) is 6.67. The third-order valence-electron chi connectivity index (χ3n) is 3.82. The Hall–Kier alpha value is -1.97. The zero-order valence-electron chi connectivity index (χ0n) is 11.4. The molecule has 19 heavy (non-hydrogen) atoms. The van der Waals surface area contributed by atoms with Gasteiger partial charge in [-0.25, -0.2) is 0 Å². The quantitative estimate of drug-likeness (QED) is 0.917. The Morgan fingerprint density at radius 2 is 2.26 bits per heavy atom. The summed E-state index contributed by atoms with van der Waals surface area (Å²) in [6.07, 6.45) is 5.00. The summed E-state index contributed by atoms with van der Waals surface area (Å²) in [5, 5.41) is 7.88. The number of nitrogens with one attached hydrogen (secondary N) is 1. The van der Waals surface area contributed by atoms with Crippen molar-refractivity contribution in [3.05, 3.63) is 41.7 Å². The van der Waals surface area contributed by atoms with Gasteiger partial charge in [0.2, 0.25) is 0 Å². The van der Waals surface area contributed by atoms with E-state index < -0.39 is 0 Å². The van der Waals surface area contributed by atoms with E-state index in [9.17, 15) is 0 Å². The van der Waals surface area contributed by atoms with Crippen LogP contribution in [0.4, 0.5) is 5.69 Å². The van der Waals surface area contributed by atoms with Gasteiger partial charge in [0.05, 0.1) is 19.0 Å². The lowest BCUT2D eigenvalue weighted by Gasteiger charge is -2.27. The first-order valence-corrected chi connectivity index (χ1v) is 6.67. The molecule has 0 amide bonds. The van der Waals surface area contributed by atoms with Crippen LogP contribution in [0.1, 0.15) is 17.7 Å². The number of nitrogens with zero attached hydrogens (tertiary/aromatic N) is 2. The summed E-state index contributed by atoms with van der Waals surface area (Å²) in [5.74, 6) is 0.878. The maximum absolute atomic E-state index is 5.37. The number of aromatic nitrogens is 2. The Bertz CT molecular complexity index is 577. The molecule has 1 aliphatic heterocycles. The molecule has 4 heteroatoms. The van der Waals surface area contributed by atoms with Crippen LogP contribution in [0.2, 0.25) is 0 Å². The molecule has 0 bridgehead atoms. The summed E-state index contributed by atoms with van der Waals surface area (Å²) in [6.45, 7) is 0. The van der Waals surface area contributed by atoms with Crippen molar-refractivity contribution in [2.45, 2.75) is 25.3 Å². The number of hydrogen-bond acceptors (Lipinski definition) is 3. The number of hydrogen-bond donors (Lipinski definition) is 1. The second kappa shape index (κ2) is 4.96. The van der Waals surface area contributed by atoms with Gasteiger partial charge in [-0.15, -0.1) is 0 Å². The van der Waals surface area contributed by atoms with Crippen molar-refractivity contribution >= 4 is 5.69 Å². The first kappa shape index (κ1) is 12.1. The first-order chi connectivity index (χ1) is 9.28. The Morgan fingerprint density at radius 3 is 3.11 bits per heavy atom. The second-order valence-electron chi connectivity index (χ2n) is 5.02. The number of anilines is 1. The van der Waals surface area contributed by atoms with Gasteiger partial charge in [-0.1, -0.05) is 18.2 Å². The summed E-state index contributed by atoms with van der Waals surface area (Å²) >= 11 is 0. The van der Waals surface area contributed by atoms with Crippen LogP contribution < -0.4 is 10.1 Å². The highest BCUT2D eigenvalue weighted by Gasteiger charge is 2.20. The van der Waals surface area contributed by atoms with E-state index >= 15 is 0 Å². The molecule has 2 heterocycles. The average molecular weight is 257 g/mol. The fraction of sp³-hybridized carbons (Fsp3) is 0.400. The predicted octanol–water partition coefficient (Wildman–Crippen LogP) is 2.40. The summed E-state index contributed by atoms with van der Waals surface area (Å²) in [6, 6.07) is 8.98. The molecule has 0 saturated carbocycles. The summed E-state index contributed by atoms with van der Waals surface area (Å²) in [7, 11) is 3.67. The Labute approximate surface area is 113 Å². The van der Waals surface area contributed by atoms with Crippen molar-refractivity contribution in [2.24, 2.45) is 7.05 Å². The molecule has 1 aromatic carbocycles. The maximum atomic E-state index is 5.37. The zero-order chi connectivity index (χ0) is 13.2. The molecule has 2 aromatic rings. The topological polar surface area (TPSA) is 39.1 Å². The van der Waals surface area contributed by atoms with Crippen LogP contribution in [0.5, 0.6) is 5.75 Å². The van der Waals surface area contributed by atoms with Gasteiger partial charge in [0, 0.05) is 25.2 Å². The minimum Gasteiger partial charge on any atom is -0.493 e. The van der Waals surface area contributed by atoms with Gasteiger partial charge >= 0.3 is 0 Å². The molecule has 1 aliphatic rings. The molecule has 100 valence electrons. The molecule has 0 saturated heterocycles. The van der Waals surface area contributed by atoms with Crippen molar-refractivity contribution in [1.82, 2.24) is 9.78 Å². The fourth-order valence-corrected chi connectivity index (χ4v) is 2.73. The van der Waals surface area contributed by atoms with Gasteiger partial charge < -0.3 is 10.1 Å². The number of benzene rings is 1. The van der Waals surface area contributed by atoms with Crippen molar-refractivity contribution in [3.63, 3.8) is 0 Å².